The Morgan fingerprint density at radius 1 is 1.09 bits per heavy atom. The lowest BCUT2D eigenvalue weighted by Gasteiger charge is -2.27. The fourth-order valence-corrected chi connectivity index (χ4v) is 6.98. The van der Waals surface area contributed by atoms with Gasteiger partial charge in [-0.2, -0.15) is 13.2 Å². The third-order valence-electron chi connectivity index (χ3n) is 5.33. The summed E-state index contributed by atoms with van der Waals surface area (Å²) in [7, 11) is -4.18. The highest BCUT2D eigenvalue weighted by molar-refractivity contribution is 7.94. The van der Waals surface area contributed by atoms with E-state index in [2.05, 4.69) is 10.0 Å². The Morgan fingerprint density at radius 2 is 1.77 bits per heavy atom. The van der Waals surface area contributed by atoms with Crippen LogP contribution in [0.15, 0.2) is 46.7 Å². The first-order valence-electron chi connectivity index (χ1n) is 10.2. The number of nitrogens with one attached hydrogen (secondary N) is 2. The third kappa shape index (κ3) is 6.00. The summed E-state index contributed by atoms with van der Waals surface area (Å²) >= 11 is 19.2. The van der Waals surface area contributed by atoms with Crippen LogP contribution < -0.4 is 14.8 Å². The smallest absolute Gasteiger partial charge is 0.419 e. The van der Waals surface area contributed by atoms with Crippen LogP contribution in [-0.4, -0.2) is 27.1 Å². The average molecular weight is 586 g/mol. The summed E-state index contributed by atoms with van der Waals surface area (Å²) in [6.45, 7) is 2.66. The molecule has 2 heterocycles. The van der Waals surface area contributed by atoms with Crippen molar-refractivity contribution < 1.29 is 26.3 Å². The molecule has 0 unspecified atom stereocenters. The fraction of sp³-hybridized carbons (Fsp3) is 0.273. The van der Waals surface area contributed by atoms with Crippen LogP contribution in [0.3, 0.4) is 0 Å². The Kier molecular flexibility index (Phi) is 7.27. The van der Waals surface area contributed by atoms with Crippen LogP contribution in [0, 0.1) is 0 Å². The zero-order chi connectivity index (χ0) is 25.6. The van der Waals surface area contributed by atoms with Crippen molar-refractivity contribution in [3.8, 4) is 16.9 Å². The minimum Gasteiger partial charge on any atom is -0.485 e. The van der Waals surface area contributed by atoms with E-state index in [1.165, 1.54) is 12.1 Å². The van der Waals surface area contributed by atoms with E-state index in [0.29, 0.717) is 40.7 Å². The van der Waals surface area contributed by atoms with Crippen molar-refractivity contribution in [1.29, 1.82) is 0 Å². The third-order valence-corrected chi connectivity index (χ3v) is 8.98. The molecule has 5 nitrogen and oxygen atoms in total. The van der Waals surface area contributed by atoms with Crippen molar-refractivity contribution in [2.24, 2.45) is 0 Å². The van der Waals surface area contributed by atoms with Gasteiger partial charge in [-0.05, 0) is 55.4 Å². The standard InChI is InChI=1S/C22H18Cl3F3N2O3S2/c1-21(4-5-29-11-21)33-18-9-15(2-3-17(18)22(26,27)28)30-35(31,32)19-10-16(20(25)34-19)12-6-13(23)8-14(24)7-12/h2-3,6-10,29-30H,4-5,11H2,1H3/t21-/m1/s1. The largest absolute Gasteiger partial charge is 0.485 e. The van der Waals surface area contributed by atoms with Crippen LogP contribution in [-0.2, 0) is 16.2 Å². The van der Waals surface area contributed by atoms with Gasteiger partial charge in [-0.15, -0.1) is 11.3 Å². The highest BCUT2D eigenvalue weighted by Crippen LogP contribution is 2.42. The first kappa shape index (κ1) is 26.4. The summed E-state index contributed by atoms with van der Waals surface area (Å²) in [4.78, 5) is 0. The normalized spacial score (nSPS) is 18.6. The molecule has 3 aromatic rings. The lowest BCUT2D eigenvalue weighted by molar-refractivity contribution is -0.139. The number of benzene rings is 2. The van der Waals surface area contributed by atoms with E-state index in [1.807, 2.05) is 0 Å². The second-order valence-corrected chi connectivity index (χ2v) is 12.6. The van der Waals surface area contributed by atoms with Gasteiger partial charge in [0.15, 0.2) is 0 Å². The molecule has 0 spiro atoms. The summed E-state index contributed by atoms with van der Waals surface area (Å²) in [5, 5.41) is 3.74. The molecule has 1 atom stereocenters. The van der Waals surface area contributed by atoms with Crippen LogP contribution in [0.4, 0.5) is 18.9 Å². The SMILES string of the molecule is C[C@@]1(Oc2cc(NS(=O)(=O)c3cc(-c4cc(Cl)cc(Cl)c4)c(Cl)s3)ccc2C(F)(F)F)CCNC1. The monoisotopic (exact) mass is 584 g/mol. The predicted molar refractivity (Wildman–Crippen MR) is 134 cm³/mol. The molecule has 1 aliphatic rings. The van der Waals surface area contributed by atoms with Crippen LogP contribution in [0.1, 0.15) is 18.9 Å². The van der Waals surface area contributed by atoms with E-state index in [0.717, 1.165) is 29.5 Å². The van der Waals surface area contributed by atoms with E-state index < -0.39 is 33.1 Å². The van der Waals surface area contributed by atoms with Crippen molar-refractivity contribution in [3.63, 3.8) is 0 Å². The van der Waals surface area contributed by atoms with Gasteiger partial charge in [-0.25, -0.2) is 8.42 Å². The molecule has 1 saturated heterocycles. The Morgan fingerprint density at radius 3 is 2.37 bits per heavy atom. The van der Waals surface area contributed by atoms with Gasteiger partial charge in [0.25, 0.3) is 10.0 Å². The first-order valence-corrected chi connectivity index (χ1v) is 13.6. The van der Waals surface area contributed by atoms with E-state index in [1.54, 1.807) is 19.1 Å². The fourth-order valence-electron chi connectivity index (χ4n) is 3.64. The zero-order valence-electron chi connectivity index (χ0n) is 18.0. The van der Waals surface area contributed by atoms with Crippen LogP contribution in [0.2, 0.25) is 14.4 Å². The van der Waals surface area contributed by atoms with Gasteiger partial charge in [0.2, 0.25) is 0 Å². The van der Waals surface area contributed by atoms with Crippen LogP contribution in [0.5, 0.6) is 5.75 Å². The number of anilines is 1. The highest BCUT2D eigenvalue weighted by Gasteiger charge is 2.38. The van der Waals surface area contributed by atoms with Gasteiger partial charge in [-0.3, -0.25) is 4.72 Å². The molecule has 2 aromatic carbocycles. The summed E-state index contributed by atoms with van der Waals surface area (Å²) in [6.07, 6.45) is -4.17. The molecular weight excluding hydrogens is 568 g/mol. The van der Waals surface area contributed by atoms with Gasteiger partial charge < -0.3 is 10.1 Å². The van der Waals surface area contributed by atoms with Crippen molar-refractivity contribution in [2.75, 3.05) is 17.8 Å². The molecule has 0 radical (unpaired) electrons. The second-order valence-electron chi connectivity index (χ2n) is 8.20. The summed E-state index contributed by atoms with van der Waals surface area (Å²) in [5.41, 5.74) is -1.01. The van der Waals surface area contributed by atoms with Crippen molar-refractivity contribution in [2.45, 2.75) is 29.3 Å². The number of ether oxygens (including phenoxy) is 1. The summed E-state index contributed by atoms with van der Waals surface area (Å²) in [6, 6.07) is 8.92. The molecule has 0 saturated carbocycles. The molecular formula is C22H18Cl3F3N2O3S2. The van der Waals surface area contributed by atoms with Gasteiger partial charge in [0.05, 0.1) is 11.3 Å². The van der Waals surface area contributed by atoms with E-state index >= 15 is 0 Å². The van der Waals surface area contributed by atoms with Crippen molar-refractivity contribution in [3.05, 3.63) is 62.4 Å². The van der Waals surface area contributed by atoms with Crippen molar-refractivity contribution in [1.82, 2.24) is 5.32 Å². The maximum atomic E-state index is 13.6. The number of hydrogen-bond acceptors (Lipinski definition) is 5. The van der Waals surface area contributed by atoms with Crippen molar-refractivity contribution >= 4 is 61.9 Å². The average Bonchev–Trinajstić information content (AvgIpc) is 3.32. The Balaban J connectivity index is 1.66. The second kappa shape index (κ2) is 9.64. The summed E-state index contributed by atoms with van der Waals surface area (Å²) < 4.78 is 74.9. The molecule has 35 heavy (non-hydrogen) atoms. The Hall–Kier alpha value is -1.69. The number of rotatable bonds is 6. The van der Waals surface area contributed by atoms with Gasteiger partial charge in [0, 0.05) is 34.6 Å². The molecule has 4 rings (SSSR count). The topological polar surface area (TPSA) is 67.4 Å². The summed E-state index contributed by atoms with van der Waals surface area (Å²) in [5.74, 6) is -0.456. The molecule has 2 N–H and O–H groups in total. The number of alkyl halides is 3. The Bertz CT molecular complexity index is 1350. The highest BCUT2D eigenvalue weighted by atomic mass is 35.5. The first-order chi connectivity index (χ1) is 16.3. The molecule has 0 amide bonds. The predicted octanol–water partition coefficient (Wildman–Crippen LogP) is 7.33. The lowest BCUT2D eigenvalue weighted by atomic mass is 10.1. The minimum atomic E-state index is -4.68. The van der Waals surface area contributed by atoms with Gasteiger partial charge in [0.1, 0.15) is 19.9 Å². The molecule has 188 valence electrons. The Labute approximate surface area is 219 Å². The number of sulfonamides is 1. The molecule has 13 heteroatoms. The van der Waals surface area contributed by atoms with Crippen LogP contribution >= 0.6 is 46.1 Å². The quantitative estimate of drug-likeness (QED) is 0.318. The molecule has 1 aromatic heterocycles. The maximum absolute atomic E-state index is 13.6. The number of hydrogen-bond donors (Lipinski definition) is 2. The van der Waals surface area contributed by atoms with E-state index in [4.69, 9.17) is 39.5 Å². The van der Waals surface area contributed by atoms with E-state index in [-0.39, 0.29) is 14.2 Å². The lowest BCUT2D eigenvalue weighted by Crippen LogP contribution is -2.35. The molecule has 1 fully saturated rings. The maximum Gasteiger partial charge on any atom is 0.419 e. The van der Waals surface area contributed by atoms with Gasteiger partial charge in [-0.1, -0.05) is 34.8 Å². The van der Waals surface area contributed by atoms with Crippen LogP contribution in [0.25, 0.3) is 11.1 Å². The molecule has 0 aliphatic carbocycles. The van der Waals surface area contributed by atoms with Gasteiger partial charge >= 0.3 is 6.18 Å². The zero-order valence-corrected chi connectivity index (χ0v) is 21.9. The number of halogens is 6. The molecule has 1 aliphatic heterocycles. The molecule has 0 bridgehead atoms. The number of thiophene rings is 1. The minimum absolute atomic E-state index is 0.0839. The van der Waals surface area contributed by atoms with E-state index in [9.17, 15) is 21.6 Å².